The van der Waals surface area contributed by atoms with E-state index in [1.165, 1.54) is 6.08 Å². The third-order valence-electron chi connectivity index (χ3n) is 5.38. The number of halogens is 2. The van der Waals surface area contributed by atoms with Gasteiger partial charge in [0.2, 0.25) is 0 Å². The van der Waals surface area contributed by atoms with Gasteiger partial charge in [0.05, 0.1) is 12.3 Å². The summed E-state index contributed by atoms with van der Waals surface area (Å²) in [5, 5.41) is 3.91. The summed E-state index contributed by atoms with van der Waals surface area (Å²) in [6, 6.07) is 11.8. The fourth-order valence-electron chi connectivity index (χ4n) is 3.59. The van der Waals surface area contributed by atoms with Crippen molar-refractivity contribution in [1.82, 2.24) is 10.3 Å². The molecule has 0 spiro atoms. The lowest BCUT2D eigenvalue weighted by Gasteiger charge is -2.25. The van der Waals surface area contributed by atoms with Crippen LogP contribution in [0.5, 0.6) is 0 Å². The molecular weight excluding hydrogens is 453 g/mol. The molecule has 0 aliphatic rings. The number of carbonyl (C=O) groups excluding carboxylic acids is 1. The van der Waals surface area contributed by atoms with E-state index in [1.807, 2.05) is 30.3 Å². The Hall–Kier alpha value is -2.70. The van der Waals surface area contributed by atoms with Crippen molar-refractivity contribution in [2.75, 3.05) is 24.6 Å². The molecule has 1 heterocycles. The van der Waals surface area contributed by atoms with Crippen molar-refractivity contribution in [2.24, 2.45) is 0 Å². The number of nitrogens with zero attached hydrogens (tertiary/aromatic N) is 2. The minimum Gasteiger partial charge on any atom is -0.466 e. The number of ether oxygens (including phenoxy) is 1. The summed E-state index contributed by atoms with van der Waals surface area (Å²) in [7, 11) is 0. The average Bonchev–Trinajstić information content (AvgIpc) is 2.83. The first-order chi connectivity index (χ1) is 16.4. The molecule has 1 aromatic heterocycles. The van der Waals surface area contributed by atoms with Crippen molar-refractivity contribution < 1.29 is 13.9 Å². The van der Waals surface area contributed by atoms with E-state index in [4.69, 9.17) is 21.3 Å². The highest BCUT2D eigenvalue weighted by Gasteiger charge is 2.14. The van der Waals surface area contributed by atoms with Crippen LogP contribution in [-0.4, -0.2) is 30.6 Å². The average molecular weight is 488 g/mol. The Kier molecular flexibility index (Phi) is 11.8. The number of rotatable bonds is 13. The van der Waals surface area contributed by atoms with Gasteiger partial charge in [-0.3, -0.25) is 4.79 Å². The summed E-state index contributed by atoms with van der Waals surface area (Å²) in [5.41, 5.74) is 3.52. The molecule has 0 aliphatic carbocycles. The molecule has 0 unspecified atom stereocenters. The molecule has 1 N–H and O–H groups in total. The van der Waals surface area contributed by atoms with Crippen molar-refractivity contribution in [2.45, 2.75) is 53.5 Å². The summed E-state index contributed by atoms with van der Waals surface area (Å²) in [5.74, 6) is 0.264. The Morgan fingerprint density at radius 2 is 2.00 bits per heavy atom. The summed E-state index contributed by atoms with van der Waals surface area (Å²) in [6.45, 7) is 9.65. The quantitative estimate of drug-likeness (QED) is 0.194. The Labute approximate surface area is 207 Å². The van der Waals surface area contributed by atoms with E-state index in [-0.39, 0.29) is 18.2 Å². The Morgan fingerprint density at radius 3 is 2.65 bits per heavy atom. The number of pyridine rings is 1. The largest absolute Gasteiger partial charge is 0.466 e. The molecule has 1 aromatic carbocycles. The van der Waals surface area contributed by atoms with Crippen LogP contribution in [0.3, 0.4) is 0 Å². The second kappa shape index (κ2) is 14.5. The predicted molar refractivity (Wildman–Crippen MR) is 138 cm³/mol. The number of esters is 1. The van der Waals surface area contributed by atoms with Crippen molar-refractivity contribution in [1.29, 1.82) is 0 Å². The number of carbonyl (C=O) groups is 1. The molecule has 7 heteroatoms. The molecule has 184 valence electrons. The summed E-state index contributed by atoms with van der Waals surface area (Å²) in [4.78, 5) is 18.6. The highest BCUT2D eigenvalue weighted by Crippen LogP contribution is 2.29. The van der Waals surface area contributed by atoms with Crippen LogP contribution < -0.4 is 10.2 Å². The Morgan fingerprint density at radius 1 is 1.21 bits per heavy atom. The summed E-state index contributed by atoms with van der Waals surface area (Å²) < 4.78 is 19.4. The standard InChI is InChI=1S/C27H35ClFN3O2/c1-5-20(13-15-26(33)34-8-4)25(29)16-17-30-19-23-14-12-21(6-2)27(31-23)32(7-3)24-11-9-10-22(28)18-24/h5,9-12,14,16,18,30H,6-8,13,15,17,19H2,1-4H3/b20-5-,25-16+. The van der Waals surface area contributed by atoms with Crippen LogP contribution in [0.1, 0.15) is 51.8 Å². The van der Waals surface area contributed by atoms with Gasteiger partial charge in [0.25, 0.3) is 0 Å². The fourth-order valence-corrected chi connectivity index (χ4v) is 3.77. The number of hydrogen-bond acceptors (Lipinski definition) is 5. The van der Waals surface area contributed by atoms with Gasteiger partial charge in [0.15, 0.2) is 0 Å². The lowest BCUT2D eigenvalue weighted by atomic mass is 10.1. The molecule has 0 saturated carbocycles. The Bertz CT molecular complexity index is 1010. The molecule has 2 aromatic rings. The van der Waals surface area contributed by atoms with Crippen molar-refractivity contribution >= 4 is 29.1 Å². The highest BCUT2D eigenvalue weighted by molar-refractivity contribution is 6.30. The number of allylic oxidation sites excluding steroid dienone is 3. The number of anilines is 2. The topological polar surface area (TPSA) is 54.5 Å². The zero-order valence-corrected chi connectivity index (χ0v) is 21.3. The molecule has 0 amide bonds. The predicted octanol–water partition coefficient (Wildman–Crippen LogP) is 6.69. The second-order valence-corrected chi connectivity index (χ2v) is 8.10. The van der Waals surface area contributed by atoms with Crippen LogP contribution in [-0.2, 0) is 22.5 Å². The molecular formula is C27H35ClFN3O2. The minimum absolute atomic E-state index is 0.166. The lowest BCUT2D eigenvalue weighted by molar-refractivity contribution is -0.143. The lowest BCUT2D eigenvalue weighted by Crippen LogP contribution is -2.21. The number of aryl methyl sites for hydroxylation is 1. The third-order valence-corrected chi connectivity index (χ3v) is 5.61. The van der Waals surface area contributed by atoms with Gasteiger partial charge in [0.1, 0.15) is 11.6 Å². The molecule has 0 bridgehead atoms. The van der Waals surface area contributed by atoms with Gasteiger partial charge in [-0.25, -0.2) is 9.37 Å². The number of aromatic nitrogens is 1. The van der Waals surface area contributed by atoms with E-state index >= 15 is 0 Å². The third kappa shape index (κ3) is 8.26. The van der Waals surface area contributed by atoms with Crippen LogP contribution in [0.4, 0.5) is 15.9 Å². The van der Waals surface area contributed by atoms with Gasteiger partial charge in [0, 0.05) is 36.8 Å². The van der Waals surface area contributed by atoms with E-state index in [0.717, 1.165) is 35.7 Å². The van der Waals surface area contributed by atoms with Crippen LogP contribution in [0, 0.1) is 0 Å². The minimum atomic E-state index is -0.326. The Balaban J connectivity index is 2.04. The van der Waals surface area contributed by atoms with Gasteiger partial charge in [-0.1, -0.05) is 36.7 Å². The first-order valence-corrected chi connectivity index (χ1v) is 12.2. The van der Waals surface area contributed by atoms with Crippen LogP contribution >= 0.6 is 11.6 Å². The normalized spacial score (nSPS) is 12.1. The van der Waals surface area contributed by atoms with E-state index in [1.54, 1.807) is 19.9 Å². The van der Waals surface area contributed by atoms with Crippen LogP contribution in [0.25, 0.3) is 0 Å². The van der Waals surface area contributed by atoms with Crippen molar-refractivity contribution in [3.05, 3.63) is 76.2 Å². The van der Waals surface area contributed by atoms with Gasteiger partial charge in [-0.2, -0.15) is 0 Å². The van der Waals surface area contributed by atoms with Crippen LogP contribution in [0.2, 0.25) is 5.02 Å². The maximum absolute atomic E-state index is 14.5. The van der Waals surface area contributed by atoms with E-state index in [0.29, 0.717) is 36.7 Å². The number of hydrogen-bond donors (Lipinski definition) is 1. The zero-order chi connectivity index (χ0) is 24.9. The van der Waals surface area contributed by atoms with Crippen molar-refractivity contribution in [3.8, 4) is 0 Å². The van der Waals surface area contributed by atoms with E-state index in [9.17, 15) is 9.18 Å². The van der Waals surface area contributed by atoms with Crippen LogP contribution in [0.15, 0.2) is 60.0 Å². The molecule has 2 rings (SSSR count). The van der Waals surface area contributed by atoms with E-state index < -0.39 is 0 Å². The molecule has 5 nitrogen and oxygen atoms in total. The monoisotopic (exact) mass is 487 g/mol. The first kappa shape index (κ1) is 27.5. The highest BCUT2D eigenvalue weighted by atomic mass is 35.5. The summed E-state index contributed by atoms with van der Waals surface area (Å²) >= 11 is 6.21. The SMILES string of the molecule is C/C=C(CCC(=O)OCC)\C(F)=C/CNCc1ccc(CC)c(N(CC)c2cccc(Cl)c2)n1. The molecule has 0 atom stereocenters. The molecule has 0 aliphatic heterocycles. The van der Waals surface area contributed by atoms with Gasteiger partial charge in [-0.05, 0) is 75.1 Å². The molecule has 0 saturated heterocycles. The molecule has 34 heavy (non-hydrogen) atoms. The summed E-state index contributed by atoms with van der Waals surface area (Å²) in [6.07, 6.45) is 4.53. The maximum atomic E-state index is 14.5. The van der Waals surface area contributed by atoms with E-state index in [2.05, 4.69) is 30.1 Å². The maximum Gasteiger partial charge on any atom is 0.306 e. The van der Waals surface area contributed by atoms with Gasteiger partial charge in [-0.15, -0.1) is 0 Å². The fraction of sp³-hybridized carbons (Fsp3) is 0.407. The first-order valence-electron chi connectivity index (χ1n) is 11.8. The van der Waals surface area contributed by atoms with Crippen molar-refractivity contribution in [3.63, 3.8) is 0 Å². The molecule has 0 fully saturated rings. The zero-order valence-electron chi connectivity index (χ0n) is 20.5. The second-order valence-electron chi connectivity index (χ2n) is 7.66. The van der Waals surface area contributed by atoms with Gasteiger partial charge >= 0.3 is 5.97 Å². The number of nitrogens with one attached hydrogen (secondary N) is 1. The number of benzene rings is 1. The van der Waals surface area contributed by atoms with Gasteiger partial charge < -0.3 is 15.0 Å². The molecule has 0 radical (unpaired) electrons. The smallest absolute Gasteiger partial charge is 0.306 e.